The second-order valence-corrected chi connectivity index (χ2v) is 8.16. The van der Waals surface area contributed by atoms with Gasteiger partial charge in [0.05, 0.1) is 5.60 Å². The highest BCUT2D eigenvalue weighted by atomic mass is 16.5. The molecule has 1 saturated carbocycles. The number of esters is 1. The molecule has 0 spiro atoms. The van der Waals surface area contributed by atoms with Crippen LogP contribution in [0.2, 0.25) is 0 Å². The van der Waals surface area contributed by atoms with Crippen molar-refractivity contribution < 1.29 is 14.6 Å². The van der Waals surface area contributed by atoms with E-state index in [9.17, 15) is 9.90 Å². The molecule has 0 radical (unpaired) electrons. The van der Waals surface area contributed by atoms with Gasteiger partial charge in [-0.15, -0.1) is 0 Å². The van der Waals surface area contributed by atoms with Crippen molar-refractivity contribution in [3.05, 3.63) is 23.3 Å². The summed E-state index contributed by atoms with van der Waals surface area (Å²) in [5.74, 6) is 0.413. The summed E-state index contributed by atoms with van der Waals surface area (Å²) < 4.78 is 5.86. The van der Waals surface area contributed by atoms with Gasteiger partial charge in [-0.25, -0.2) is 4.79 Å². The molecule has 0 aromatic carbocycles. The Labute approximate surface area is 140 Å². The van der Waals surface area contributed by atoms with Crippen LogP contribution in [0.5, 0.6) is 0 Å². The monoisotopic (exact) mass is 320 g/mol. The Balaban J connectivity index is 2.29. The summed E-state index contributed by atoms with van der Waals surface area (Å²) in [6.45, 7) is 12.2. The molecule has 3 heteroatoms. The lowest BCUT2D eigenvalue weighted by atomic mass is 9.54. The number of allylic oxidation sites excluding steroid dienone is 3. The largest absolute Gasteiger partial charge is 0.458 e. The Morgan fingerprint density at radius 2 is 2.09 bits per heavy atom. The molecule has 0 heterocycles. The Hall–Kier alpha value is -1.09. The zero-order valence-corrected chi connectivity index (χ0v) is 15.5. The summed E-state index contributed by atoms with van der Waals surface area (Å²) in [7, 11) is 0. The topological polar surface area (TPSA) is 46.5 Å². The van der Waals surface area contributed by atoms with Crippen LogP contribution in [0.3, 0.4) is 0 Å². The maximum absolute atomic E-state index is 12.2. The van der Waals surface area contributed by atoms with E-state index in [1.807, 2.05) is 13.8 Å². The number of carbonyl (C=O) groups excluding carboxylic acids is 1. The van der Waals surface area contributed by atoms with E-state index in [4.69, 9.17) is 4.74 Å². The lowest BCUT2D eigenvalue weighted by Crippen LogP contribution is -2.57. The summed E-state index contributed by atoms with van der Waals surface area (Å²) in [6.07, 6.45) is 7.16. The quantitative estimate of drug-likeness (QED) is 0.476. The van der Waals surface area contributed by atoms with Gasteiger partial charge in [0.1, 0.15) is 6.10 Å². The standard InChI is InChI=1S/C20H32O3/c1-7-14(4)18(21)23-17-9-11-20(6,22)16-12-15(13(2)3)8-10-19(16,17)5/h7-8,13,16-17,22H,9-12H2,1-6H3. The van der Waals surface area contributed by atoms with Crippen molar-refractivity contribution >= 4 is 5.97 Å². The van der Waals surface area contributed by atoms with Crippen LogP contribution in [0.25, 0.3) is 0 Å². The molecule has 0 amide bonds. The van der Waals surface area contributed by atoms with E-state index in [-0.39, 0.29) is 23.4 Å². The number of rotatable bonds is 3. The van der Waals surface area contributed by atoms with E-state index >= 15 is 0 Å². The fraction of sp³-hybridized carbons (Fsp3) is 0.750. The van der Waals surface area contributed by atoms with Gasteiger partial charge in [-0.05, 0) is 52.4 Å². The number of fused-ring (bicyclic) bond motifs is 1. The van der Waals surface area contributed by atoms with E-state index in [2.05, 4.69) is 26.8 Å². The van der Waals surface area contributed by atoms with Crippen LogP contribution in [0.4, 0.5) is 0 Å². The lowest BCUT2D eigenvalue weighted by molar-refractivity contribution is -0.182. The molecule has 23 heavy (non-hydrogen) atoms. The lowest BCUT2D eigenvalue weighted by Gasteiger charge is -2.55. The second kappa shape index (κ2) is 6.43. The van der Waals surface area contributed by atoms with Crippen LogP contribution in [0.15, 0.2) is 23.3 Å². The minimum absolute atomic E-state index is 0.125. The average molecular weight is 320 g/mol. The number of carbonyl (C=O) groups is 1. The molecule has 0 aromatic rings. The van der Waals surface area contributed by atoms with Gasteiger partial charge in [0, 0.05) is 16.9 Å². The summed E-state index contributed by atoms with van der Waals surface area (Å²) in [5, 5.41) is 11.0. The minimum atomic E-state index is -0.693. The first kappa shape index (κ1) is 18.3. The minimum Gasteiger partial charge on any atom is -0.458 e. The predicted molar refractivity (Wildman–Crippen MR) is 92.9 cm³/mol. The molecule has 4 atom stereocenters. The molecule has 3 nitrogen and oxygen atoms in total. The third kappa shape index (κ3) is 3.40. The molecule has 0 saturated heterocycles. The van der Waals surface area contributed by atoms with Crippen molar-refractivity contribution in [1.82, 2.24) is 0 Å². The van der Waals surface area contributed by atoms with Gasteiger partial charge in [0.2, 0.25) is 0 Å². The zero-order chi connectivity index (χ0) is 17.4. The maximum Gasteiger partial charge on any atom is 0.333 e. The van der Waals surface area contributed by atoms with Crippen molar-refractivity contribution in [2.45, 2.75) is 78.9 Å². The molecule has 0 bridgehead atoms. The van der Waals surface area contributed by atoms with E-state index in [1.165, 1.54) is 5.57 Å². The van der Waals surface area contributed by atoms with Gasteiger partial charge in [0.25, 0.3) is 0 Å². The molecule has 1 N–H and O–H groups in total. The highest BCUT2D eigenvalue weighted by Gasteiger charge is 2.55. The van der Waals surface area contributed by atoms with Gasteiger partial charge in [-0.2, -0.15) is 0 Å². The highest BCUT2D eigenvalue weighted by Crippen LogP contribution is 2.55. The first-order valence-electron chi connectivity index (χ1n) is 8.87. The van der Waals surface area contributed by atoms with E-state index in [1.54, 1.807) is 13.0 Å². The van der Waals surface area contributed by atoms with Gasteiger partial charge in [-0.3, -0.25) is 0 Å². The number of ether oxygens (including phenoxy) is 1. The van der Waals surface area contributed by atoms with Crippen LogP contribution in [-0.2, 0) is 9.53 Å². The molecule has 0 aliphatic heterocycles. The van der Waals surface area contributed by atoms with E-state index in [0.29, 0.717) is 17.9 Å². The highest BCUT2D eigenvalue weighted by molar-refractivity contribution is 5.87. The molecule has 0 aromatic heterocycles. The first-order valence-corrected chi connectivity index (χ1v) is 8.87. The van der Waals surface area contributed by atoms with Gasteiger partial charge in [0.15, 0.2) is 0 Å². The summed E-state index contributed by atoms with van der Waals surface area (Å²) in [6, 6.07) is 0. The first-order chi connectivity index (χ1) is 10.6. The third-order valence-electron chi connectivity index (χ3n) is 6.18. The molecule has 130 valence electrons. The van der Waals surface area contributed by atoms with Crippen LogP contribution >= 0.6 is 0 Å². The smallest absolute Gasteiger partial charge is 0.333 e. The molecule has 2 rings (SSSR count). The number of hydrogen-bond donors (Lipinski definition) is 1. The average Bonchev–Trinajstić information content (AvgIpc) is 2.49. The summed E-state index contributed by atoms with van der Waals surface area (Å²) in [4.78, 5) is 12.2. The predicted octanol–water partition coefficient (Wildman–Crippen LogP) is 4.41. The fourth-order valence-corrected chi connectivity index (χ4v) is 4.26. The van der Waals surface area contributed by atoms with E-state index in [0.717, 1.165) is 19.3 Å². The van der Waals surface area contributed by atoms with Crippen LogP contribution in [0.1, 0.15) is 67.2 Å². The molecule has 1 fully saturated rings. The third-order valence-corrected chi connectivity index (χ3v) is 6.18. The Bertz CT molecular complexity index is 527. The van der Waals surface area contributed by atoms with E-state index < -0.39 is 5.60 Å². The molecule has 2 aliphatic carbocycles. The van der Waals surface area contributed by atoms with Gasteiger partial charge < -0.3 is 9.84 Å². The molecular formula is C20H32O3. The van der Waals surface area contributed by atoms with Crippen molar-refractivity contribution in [3.8, 4) is 0 Å². The Morgan fingerprint density at radius 1 is 1.43 bits per heavy atom. The number of hydrogen-bond acceptors (Lipinski definition) is 3. The Kier molecular flexibility index (Phi) is 5.10. The molecule has 4 unspecified atom stereocenters. The fourth-order valence-electron chi connectivity index (χ4n) is 4.26. The maximum atomic E-state index is 12.2. The van der Waals surface area contributed by atoms with Crippen molar-refractivity contribution in [3.63, 3.8) is 0 Å². The van der Waals surface area contributed by atoms with Crippen LogP contribution < -0.4 is 0 Å². The second-order valence-electron chi connectivity index (χ2n) is 8.16. The van der Waals surface area contributed by atoms with Crippen LogP contribution in [-0.4, -0.2) is 22.8 Å². The zero-order valence-electron chi connectivity index (χ0n) is 15.5. The van der Waals surface area contributed by atoms with Crippen LogP contribution in [0, 0.1) is 17.3 Å². The molecular weight excluding hydrogens is 288 g/mol. The van der Waals surface area contributed by atoms with Crippen molar-refractivity contribution in [2.75, 3.05) is 0 Å². The SMILES string of the molecule is CC=C(C)C(=O)OC1CCC(C)(O)C2CC(C(C)C)=CCC12C. The van der Waals surface area contributed by atoms with Crippen molar-refractivity contribution in [2.24, 2.45) is 17.3 Å². The molecule has 2 aliphatic rings. The Morgan fingerprint density at radius 3 is 2.65 bits per heavy atom. The number of aliphatic hydroxyl groups is 1. The van der Waals surface area contributed by atoms with Crippen molar-refractivity contribution in [1.29, 1.82) is 0 Å². The summed E-state index contributed by atoms with van der Waals surface area (Å²) in [5.41, 5.74) is 1.19. The van der Waals surface area contributed by atoms with Gasteiger partial charge in [-0.1, -0.05) is 38.5 Å². The normalized spacial score (nSPS) is 38.1. The van der Waals surface area contributed by atoms with Gasteiger partial charge >= 0.3 is 5.97 Å². The summed E-state index contributed by atoms with van der Waals surface area (Å²) >= 11 is 0.